The number of hydrogen-bond acceptors (Lipinski definition) is 3. The van der Waals surface area contributed by atoms with Crippen molar-refractivity contribution >= 4 is 23.5 Å². The summed E-state index contributed by atoms with van der Waals surface area (Å²) in [6.07, 6.45) is 1.76. The van der Waals surface area contributed by atoms with E-state index in [0.717, 1.165) is 5.56 Å². The van der Waals surface area contributed by atoms with Crippen molar-refractivity contribution in [2.75, 3.05) is 13.1 Å². The van der Waals surface area contributed by atoms with Gasteiger partial charge < -0.3 is 10.0 Å². The molecular formula is C18H20ClN3O3. The zero-order valence-electron chi connectivity index (χ0n) is 14.1. The molecule has 1 aliphatic rings. The number of aliphatic carboxylic acids is 1. The minimum atomic E-state index is -0.900. The Balaban J connectivity index is 1.82. The van der Waals surface area contributed by atoms with Crippen molar-refractivity contribution < 1.29 is 14.7 Å². The predicted molar refractivity (Wildman–Crippen MR) is 93.8 cm³/mol. The number of hydrogen-bond donors (Lipinski definition) is 1. The molecule has 132 valence electrons. The van der Waals surface area contributed by atoms with E-state index in [9.17, 15) is 14.7 Å². The summed E-state index contributed by atoms with van der Waals surface area (Å²) in [6.45, 7) is 4.49. The summed E-state index contributed by atoms with van der Waals surface area (Å²) in [6, 6.07) is 8.96. The zero-order chi connectivity index (χ0) is 18.1. The standard InChI is InChI=1S/C18H20ClN3O3/c1-11(2)22-8-7-16(20-22)17(23)21-9-14(15(10-21)18(24)25)12-3-5-13(19)6-4-12/h3-8,11,14-15H,9-10H2,1-2H3,(H,24,25)/t14-,15+/m0/s1. The van der Waals surface area contributed by atoms with Crippen molar-refractivity contribution in [3.8, 4) is 0 Å². The Morgan fingerprint density at radius 3 is 2.44 bits per heavy atom. The number of nitrogens with zero attached hydrogens (tertiary/aromatic N) is 3. The monoisotopic (exact) mass is 361 g/mol. The highest BCUT2D eigenvalue weighted by Gasteiger charge is 2.41. The van der Waals surface area contributed by atoms with E-state index in [1.165, 1.54) is 0 Å². The molecule has 2 atom stereocenters. The minimum absolute atomic E-state index is 0.161. The lowest BCUT2D eigenvalue weighted by molar-refractivity contribution is -0.141. The molecule has 1 aliphatic heterocycles. The number of likely N-dealkylation sites (tertiary alicyclic amines) is 1. The first-order chi connectivity index (χ1) is 11.9. The molecule has 0 spiro atoms. The van der Waals surface area contributed by atoms with Crippen LogP contribution < -0.4 is 0 Å². The highest BCUT2D eigenvalue weighted by molar-refractivity contribution is 6.30. The maximum absolute atomic E-state index is 12.7. The third kappa shape index (κ3) is 3.54. The van der Waals surface area contributed by atoms with Gasteiger partial charge in [-0.15, -0.1) is 0 Å². The van der Waals surface area contributed by atoms with Crippen LogP contribution in [-0.2, 0) is 4.79 Å². The highest BCUT2D eigenvalue weighted by atomic mass is 35.5. The number of carbonyl (C=O) groups excluding carboxylic acids is 1. The minimum Gasteiger partial charge on any atom is -0.481 e. The number of carbonyl (C=O) groups is 2. The van der Waals surface area contributed by atoms with E-state index < -0.39 is 11.9 Å². The summed E-state index contributed by atoms with van der Waals surface area (Å²) >= 11 is 5.91. The Labute approximate surface area is 151 Å². The Kier molecular flexibility index (Phi) is 4.81. The summed E-state index contributed by atoms with van der Waals surface area (Å²) in [4.78, 5) is 26.0. The van der Waals surface area contributed by atoms with Gasteiger partial charge in [-0.3, -0.25) is 14.3 Å². The van der Waals surface area contributed by atoms with E-state index in [1.54, 1.807) is 34.0 Å². The van der Waals surface area contributed by atoms with E-state index in [4.69, 9.17) is 11.6 Å². The van der Waals surface area contributed by atoms with Crippen molar-refractivity contribution in [1.82, 2.24) is 14.7 Å². The molecule has 2 aromatic rings. The van der Waals surface area contributed by atoms with Gasteiger partial charge >= 0.3 is 5.97 Å². The molecule has 0 unspecified atom stereocenters. The van der Waals surface area contributed by atoms with Crippen LogP contribution >= 0.6 is 11.6 Å². The van der Waals surface area contributed by atoms with Crippen molar-refractivity contribution in [2.24, 2.45) is 5.92 Å². The van der Waals surface area contributed by atoms with Crippen LogP contribution in [0.15, 0.2) is 36.5 Å². The molecule has 0 saturated carbocycles. The Hall–Kier alpha value is -2.34. The summed E-state index contributed by atoms with van der Waals surface area (Å²) < 4.78 is 1.72. The van der Waals surface area contributed by atoms with Crippen LogP contribution in [0.1, 0.15) is 41.9 Å². The molecule has 1 fully saturated rings. The second-order valence-electron chi connectivity index (χ2n) is 6.59. The van der Waals surface area contributed by atoms with Gasteiger partial charge in [-0.1, -0.05) is 23.7 Å². The lowest BCUT2D eigenvalue weighted by atomic mass is 9.89. The topological polar surface area (TPSA) is 75.4 Å². The van der Waals surface area contributed by atoms with E-state index >= 15 is 0 Å². The van der Waals surface area contributed by atoms with Crippen LogP contribution in [0.4, 0.5) is 0 Å². The quantitative estimate of drug-likeness (QED) is 0.908. The van der Waals surface area contributed by atoms with Crippen molar-refractivity contribution in [1.29, 1.82) is 0 Å². The molecule has 1 N–H and O–H groups in total. The van der Waals surface area contributed by atoms with Crippen molar-refractivity contribution in [3.63, 3.8) is 0 Å². The lowest BCUT2D eigenvalue weighted by Crippen LogP contribution is -2.30. The second kappa shape index (κ2) is 6.88. The first-order valence-electron chi connectivity index (χ1n) is 8.19. The van der Waals surface area contributed by atoms with Crippen LogP contribution in [0.3, 0.4) is 0 Å². The molecule has 3 rings (SSSR count). The number of carboxylic acid groups (broad SMARTS) is 1. The van der Waals surface area contributed by atoms with Crippen molar-refractivity contribution in [2.45, 2.75) is 25.8 Å². The molecule has 6 nitrogen and oxygen atoms in total. The van der Waals surface area contributed by atoms with Crippen LogP contribution in [0.5, 0.6) is 0 Å². The molecule has 1 amide bonds. The average Bonchev–Trinajstić information content (AvgIpc) is 3.22. The van der Waals surface area contributed by atoms with Gasteiger partial charge in [0.1, 0.15) is 5.69 Å². The first kappa shape index (κ1) is 17.5. The van der Waals surface area contributed by atoms with Crippen LogP contribution in [0.2, 0.25) is 5.02 Å². The normalized spacial score (nSPS) is 20.2. The molecule has 0 radical (unpaired) electrons. The SMILES string of the molecule is CC(C)n1ccc(C(=O)N2C[C@@H](C(=O)O)[C@H](c3ccc(Cl)cc3)C2)n1. The van der Waals surface area contributed by atoms with Crippen LogP contribution in [-0.4, -0.2) is 44.8 Å². The zero-order valence-corrected chi connectivity index (χ0v) is 14.8. The van der Waals surface area contributed by atoms with Crippen molar-refractivity contribution in [3.05, 3.63) is 52.8 Å². The Morgan fingerprint density at radius 2 is 1.88 bits per heavy atom. The first-order valence-corrected chi connectivity index (χ1v) is 8.57. The third-order valence-electron chi connectivity index (χ3n) is 4.58. The van der Waals surface area contributed by atoms with Gasteiger partial charge in [0.25, 0.3) is 5.91 Å². The molecule has 7 heteroatoms. The van der Waals surface area contributed by atoms with E-state index in [-0.39, 0.29) is 24.4 Å². The smallest absolute Gasteiger partial charge is 0.308 e. The summed E-state index contributed by atoms with van der Waals surface area (Å²) in [7, 11) is 0. The fourth-order valence-corrected chi connectivity index (χ4v) is 3.30. The molecule has 0 aliphatic carbocycles. The number of aromatic nitrogens is 2. The molecule has 25 heavy (non-hydrogen) atoms. The lowest BCUT2D eigenvalue weighted by Gasteiger charge is -2.15. The van der Waals surface area contributed by atoms with Gasteiger partial charge in [-0.25, -0.2) is 0 Å². The number of benzene rings is 1. The van der Waals surface area contributed by atoms with E-state index in [2.05, 4.69) is 5.10 Å². The molecule has 1 aromatic heterocycles. The van der Waals surface area contributed by atoms with Gasteiger partial charge in [-0.05, 0) is 37.6 Å². The molecule has 0 bridgehead atoms. The predicted octanol–water partition coefficient (Wildman–Crippen LogP) is 3.06. The number of amides is 1. The summed E-state index contributed by atoms with van der Waals surface area (Å²) in [5.41, 5.74) is 1.22. The average molecular weight is 362 g/mol. The van der Waals surface area contributed by atoms with E-state index in [1.807, 2.05) is 26.0 Å². The number of carboxylic acids is 1. The highest BCUT2D eigenvalue weighted by Crippen LogP contribution is 2.34. The largest absolute Gasteiger partial charge is 0.481 e. The van der Waals surface area contributed by atoms with Gasteiger partial charge in [0.2, 0.25) is 0 Å². The maximum Gasteiger partial charge on any atom is 0.308 e. The Morgan fingerprint density at radius 1 is 1.20 bits per heavy atom. The van der Waals surface area contributed by atoms with Gasteiger partial charge in [0.15, 0.2) is 0 Å². The van der Waals surface area contributed by atoms with Gasteiger partial charge in [0.05, 0.1) is 5.92 Å². The molecule has 2 heterocycles. The maximum atomic E-state index is 12.7. The number of rotatable bonds is 4. The number of halogens is 1. The van der Waals surface area contributed by atoms with Crippen LogP contribution in [0, 0.1) is 5.92 Å². The molecular weight excluding hydrogens is 342 g/mol. The van der Waals surface area contributed by atoms with Gasteiger partial charge in [-0.2, -0.15) is 5.10 Å². The second-order valence-corrected chi connectivity index (χ2v) is 7.02. The Bertz CT molecular complexity index is 785. The fourth-order valence-electron chi connectivity index (χ4n) is 3.17. The van der Waals surface area contributed by atoms with E-state index in [0.29, 0.717) is 17.3 Å². The van der Waals surface area contributed by atoms with Gasteiger partial charge in [0, 0.05) is 36.3 Å². The van der Waals surface area contributed by atoms with Crippen LogP contribution in [0.25, 0.3) is 0 Å². The third-order valence-corrected chi connectivity index (χ3v) is 4.83. The summed E-state index contributed by atoms with van der Waals surface area (Å²) in [5, 5.41) is 14.5. The molecule has 1 saturated heterocycles. The molecule has 1 aromatic carbocycles. The summed E-state index contributed by atoms with van der Waals surface area (Å²) in [5.74, 6) is -2.03. The fraction of sp³-hybridized carbons (Fsp3) is 0.389.